The molecule has 0 amide bonds. The number of nitrogens with zero attached hydrogens (tertiary/aromatic N) is 1. The monoisotopic (exact) mass is 623 g/mol. The first-order valence-electron chi connectivity index (χ1n) is 16.3. The second kappa shape index (κ2) is 20.6. The van der Waals surface area contributed by atoms with Gasteiger partial charge < -0.3 is 14.2 Å². The lowest BCUT2D eigenvalue weighted by atomic mass is 10.0. The van der Waals surface area contributed by atoms with Gasteiger partial charge in [0, 0.05) is 19.5 Å². The molecule has 0 atom stereocenters. The van der Waals surface area contributed by atoms with Crippen molar-refractivity contribution < 1.29 is 23.8 Å². The summed E-state index contributed by atoms with van der Waals surface area (Å²) in [6.07, 6.45) is 4.95. The summed E-state index contributed by atoms with van der Waals surface area (Å²) in [5, 5.41) is 0. The van der Waals surface area contributed by atoms with E-state index in [0.29, 0.717) is 18.6 Å². The maximum atomic E-state index is 11.8. The number of methoxy groups -OCH3 is 2. The Labute approximate surface area is 275 Å². The van der Waals surface area contributed by atoms with Crippen molar-refractivity contribution >= 4 is 11.9 Å². The van der Waals surface area contributed by atoms with Crippen LogP contribution in [0.15, 0.2) is 103 Å². The Balaban J connectivity index is 0.00000282. The maximum absolute atomic E-state index is 11.8. The lowest BCUT2D eigenvalue weighted by Gasteiger charge is -2.23. The van der Waals surface area contributed by atoms with Crippen molar-refractivity contribution in [2.24, 2.45) is 0 Å². The zero-order valence-electron chi connectivity index (χ0n) is 27.9. The van der Waals surface area contributed by atoms with Crippen LogP contribution in [0.4, 0.5) is 0 Å². The van der Waals surface area contributed by atoms with E-state index in [-0.39, 0.29) is 11.9 Å². The molecule has 0 saturated carbocycles. The summed E-state index contributed by atoms with van der Waals surface area (Å²) in [4.78, 5) is 25.8. The molecule has 46 heavy (non-hydrogen) atoms. The molecule has 0 aliphatic carbocycles. The van der Waals surface area contributed by atoms with E-state index in [4.69, 9.17) is 14.2 Å². The van der Waals surface area contributed by atoms with Crippen molar-refractivity contribution in [2.45, 2.75) is 65.5 Å². The summed E-state index contributed by atoms with van der Waals surface area (Å²) >= 11 is 0. The normalized spacial score (nSPS) is 10.5. The highest BCUT2D eigenvalue weighted by Gasteiger charge is 2.12. The van der Waals surface area contributed by atoms with E-state index in [9.17, 15) is 9.59 Å². The van der Waals surface area contributed by atoms with Gasteiger partial charge in [0.25, 0.3) is 0 Å². The van der Waals surface area contributed by atoms with Crippen LogP contribution in [0.3, 0.4) is 0 Å². The van der Waals surface area contributed by atoms with Crippen LogP contribution in [0.25, 0.3) is 0 Å². The van der Waals surface area contributed by atoms with E-state index in [1.165, 1.54) is 25.3 Å². The number of aryl methyl sites for hydroxylation is 2. The predicted octanol–water partition coefficient (Wildman–Crippen LogP) is 8.25. The Morgan fingerprint density at radius 1 is 0.609 bits per heavy atom. The van der Waals surface area contributed by atoms with Crippen molar-refractivity contribution in [3.05, 3.63) is 137 Å². The van der Waals surface area contributed by atoms with E-state index >= 15 is 0 Å². The van der Waals surface area contributed by atoms with Crippen LogP contribution in [0.1, 0.15) is 71.3 Å². The Bertz CT molecular complexity index is 1430. The summed E-state index contributed by atoms with van der Waals surface area (Å²) in [6, 6.07) is 35.1. The largest absolute Gasteiger partial charge is 0.489 e. The van der Waals surface area contributed by atoms with E-state index in [2.05, 4.69) is 71.6 Å². The van der Waals surface area contributed by atoms with Gasteiger partial charge in [-0.05, 0) is 84.7 Å². The third-order valence-corrected chi connectivity index (χ3v) is 7.75. The average molecular weight is 624 g/mol. The topological polar surface area (TPSA) is 65.1 Å². The number of rotatable bonds is 17. The summed E-state index contributed by atoms with van der Waals surface area (Å²) in [5.41, 5.74) is 6.63. The first-order chi connectivity index (χ1) is 22.5. The molecule has 0 aromatic heterocycles. The lowest BCUT2D eigenvalue weighted by Crippen LogP contribution is -2.27. The third-order valence-electron chi connectivity index (χ3n) is 7.75. The molecule has 4 aromatic rings. The smallest absolute Gasteiger partial charge is 0.337 e. The summed E-state index contributed by atoms with van der Waals surface area (Å²) in [7, 11) is 2.81. The Hall–Kier alpha value is -4.42. The van der Waals surface area contributed by atoms with Crippen molar-refractivity contribution in [1.82, 2.24) is 4.90 Å². The third kappa shape index (κ3) is 12.5. The maximum Gasteiger partial charge on any atom is 0.337 e. The molecule has 0 heterocycles. The molecule has 0 aliphatic rings. The van der Waals surface area contributed by atoms with Crippen LogP contribution < -0.4 is 4.74 Å². The summed E-state index contributed by atoms with van der Waals surface area (Å²) in [5.74, 6) is 0.378. The molecule has 0 fully saturated rings. The Morgan fingerprint density at radius 2 is 1.22 bits per heavy atom. The second-order valence-electron chi connectivity index (χ2n) is 10.9. The van der Waals surface area contributed by atoms with Crippen LogP contribution in [0, 0.1) is 0 Å². The number of hydrogen-bond donors (Lipinski definition) is 0. The number of para-hydroxylation sites is 1. The van der Waals surface area contributed by atoms with E-state index in [1.54, 1.807) is 12.1 Å². The van der Waals surface area contributed by atoms with Crippen LogP contribution in [0.5, 0.6) is 5.75 Å². The van der Waals surface area contributed by atoms with Crippen LogP contribution in [-0.2, 0) is 46.7 Å². The molecule has 244 valence electrons. The van der Waals surface area contributed by atoms with Gasteiger partial charge in [0.05, 0.1) is 19.8 Å². The zero-order valence-corrected chi connectivity index (χ0v) is 27.9. The van der Waals surface area contributed by atoms with Crippen LogP contribution in [-0.4, -0.2) is 44.1 Å². The molecule has 0 aliphatic heterocycles. The standard InChI is InChI=1S/C38H43NO5.C2H6/c1-42-37(40)14-8-9-26-39(28-32-21-23-35(24-22-32)38(41)43-2)27-25-34-12-6-7-13-36(34)44-29-33-19-17-31(18-20-33)16-15-30-10-4-3-5-11-30;1-2/h3-7,10-13,17-24H,8-9,14-16,25-29H2,1-2H3;1-2H3. The SMILES string of the molecule is CC.COC(=O)CCCCN(CCc1ccccc1OCc1ccc(CCc2ccccc2)cc1)Cc1ccc(C(=O)OC)cc1. The van der Waals surface area contributed by atoms with Gasteiger partial charge in [-0.2, -0.15) is 0 Å². The number of benzene rings is 4. The van der Waals surface area contributed by atoms with Gasteiger partial charge in [0.15, 0.2) is 0 Å². The molecule has 6 heteroatoms. The molecule has 0 unspecified atom stereocenters. The second-order valence-corrected chi connectivity index (χ2v) is 10.9. The fraction of sp³-hybridized carbons (Fsp3) is 0.350. The first-order valence-corrected chi connectivity index (χ1v) is 16.3. The van der Waals surface area contributed by atoms with Gasteiger partial charge >= 0.3 is 11.9 Å². The Morgan fingerprint density at radius 3 is 1.89 bits per heavy atom. The van der Waals surface area contributed by atoms with Crippen LogP contribution in [0.2, 0.25) is 0 Å². The van der Waals surface area contributed by atoms with Gasteiger partial charge in [0.2, 0.25) is 0 Å². The van der Waals surface area contributed by atoms with Crippen molar-refractivity contribution in [3.63, 3.8) is 0 Å². The number of unbranched alkanes of at least 4 members (excludes halogenated alkanes) is 1. The average Bonchev–Trinajstić information content (AvgIpc) is 3.12. The van der Waals surface area contributed by atoms with E-state index in [1.807, 2.05) is 38.1 Å². The molecular weight excluding hydrogens is 574 g/mol. The highest BCUT2D eigenvalue weighted by Crippen LogP contribution is 2.21. The fourth-order valence-electron chi connectivity index (χ4n) is 5.13. The molecule has 0 saturated heterocycles. The molecule has 6 nitrogen and oxygen atoms in total. The Kier molecular flexibility index (Phi) is 16.1. The van der Waals surface area contributed by atoms with Crippen molar-refractivity contribution in [2.75, 3.05) is 27.3 Å². The van der Waals surface area contributed by atoms with Gasteiger partial charge in [0.1, 0.15) is 12.4 Å². The zero-order chi connectivity index (χ0) is 33.0. The van der Waals surface area contributed by atoms with E-state index < -0.39 is 0 Å². The van der Waals surface area contributed by atoms with Gasteiger partial charge in [-0.1, -0.05) is 98.8 Å². The minimum Gasteiger partial charge on any atom is -0.489 e. The minimum atomic E-state index is -0.341. The number of esters is 2. The molecule has 0 spiro atoms. The number of ether oxygens (including phenoxy) is 3. The molecule has 4 aromatic carbocycles. The van der Waals surface area contributed by atoms with Gasteiger partial charge in [-0.25, -0.2) is 4.79 Å². The fourth-order valence-corrected chi connectivity index (χ4v) is 5.13. The quantitative estimate of drug-likeness (QED) is 0.0872. The number of carbonyl (C=O) groups is 2. The molecule has 0 bridgehead atoms. The van der Waals surface area contributed by atoms with Crippen molar-refractivity contribution in [1.29, 1.82) is 0 Å². The highest BCUT2D eigenvalue weighted by atomic mass is 16.5. The first kappa shape index (κ1) is 36.1. The number of hydrogen-bond acceptors (Lipinski definition) is 6. The van der Waals surface area contributed by atoms with Gasteiger partial charge in [-0.15, -0.1) is 0 Å². The van der Waals surface area contributed by atoms with E-state index in [0.717, 1.165) is 74.2 Å². The number of carbonyl (C=O) groups excluding carboxylic acids is 2. The van der Waals surface area contributed by atoms with Gasteiger partial charge in [-0.3, -0.25) is 9.69 Å². The van der Waals surface area contributed by atoms with Crippen molar-refractivity contribution in [3.8, 4) is 5.75 Å². The molecule has 0 N–H and O–H groups in total. The summed E-state index contributed by atoms with van der Waals surface area (Å²) < 4.78 is 15.9. The lowest BCUT2D eigenvalue weighted by molar-refractivity contribution is -0.140. The highest BCUT2D eigenvalue weighted by molar-refractivity contribution is 5.89. The minimum absolute atomic E-state index is 0.178. The molecule has 0 radical (unpaired) electrons. The molecule has 4 rings (SSSR count). The van der Waals surface area contributed by atoms with Crippen LogP contribution >= 0.6 is 0 Å². The predicted molar refractivity (Wildman–Crippen MR) is 185 cm³/mol. The summed E-state index contributed by atoms with van der Waals surface area (Å²) in [6.45, 7) is 6.92. The molecular formula is C40H49NO5.